The van der Waals surface area contributed by atoms with Gasteiger partial charge in [-0.25, -0.2) is 14.4 Å². The zero-order chi connectivity index (χ0) is 22.3. The van der Waals surface area contributed by atoms with Gasteiger partial charge in [0.05, 0.1) is 12.2 Å². The molecule has 2 aromatic rings. The normalized spacial score (nSPS) is 11.0. The highest BCUT2D eigenvalue weighted by Gasteiger charge is 2.29. The molecule has 0 atom stereocenters. The molecule has 0 aliphatic heterocycles. The van der Waals surface area contributed by atoms with Crippen molar-refractivity contribution in [3.05, 3.63) is 51.9 Å². The van der Waals surface area contributed by atoms with Crippen LogP contribution in [0.5, 0.6) is 0 Å². The molecule has 0 bridgehead atoms. The van der Waals surface area contributed by atoms with E-state index in [1.165, 1.54) is 0 Å². The molecule has 1 aromatic heterocycles. The number of esters is 2. The molecule has 0 saturated heterocycles. The molecule has 162 valence electrons. The van der Waals surface area contributed by atoms with E-state index in [2.05, 4.69) is 10.6 Å². The summed E-state index contributed by atoms with van der Waals surface area (Å²) in [5.41, 5.74) is 1.01. The van der Waals surface area contributed by atoms with Gasteiger partial charge in [-0.05, 0) is 52.2 Å². The Morgan fingerprint density at radius 2 is 1.73 bits per heavy atom. The summed E-state index contributed by atoms with van der Waals surface area (Å²) in [4.78, 5) is 37.6. The van der Waals surface area contributed by atoms with Crippen molar-refractivity contribution < 1.29 is 23.9 Å². The highest BCUT2D eigenvalue weighted by molar-refractivity contribution is 7.18. The van der Waals surface area contributed by atoms with Crippen LogP contribution in [-0.2, 0) is 15.9 Å². The van der Waals surface area contributed by atoms with Gasteiger partial charge in [-0.2, -0.15) is 0 Å². The van der Waals surface area contributed by atoms with Crippen molar-refractivity contribution in [1.29, 1.82) is 0 Å². The van der Waals surface area contributed by atoms with Crippen molar-refractivity contribution in [3.63, 3.8) is 0 Å². The second-order valence-electron chi connectivity index (χ2n) is 7.60. The van der Waals surface area contributed by atoms with Crippen LogP contribution in [0, 0.1) is 6.92 Å². The molecule has 8 heteroatoms. The van der Waals surface area contributed by atoms with Crippen LogP contribution in [-0.4, -0.2) is 36.7 Å². The minimum atomic E-state index is -0.681. The molecule has 0 radical (unpaired) electrons. The van der Waals surface area contributed by atoms with Crippen molar-refractivity contribution in [1.82, 2.24) is 5.32 Å². The lowest BCUT2D eigenvalue weighted by Crippen LogP contribution is -2.30. The fourth-order valence-electron chi connectivity index (χ4n) is 2.68. The van der Waals surface area contributed by atoms with Gasteiger partial charge in [-0.3, -0.25) is 5.32 Å². The first-order valence-electron chi connectivity index (χ1n) is 9.75. The molecule has 0 spiro atoms. The quantitative estimate of drug-likeness (QED) is 0.626. The van der Waals surface area contributed by atoms with Gasteiger partial charge in [-0.15, -0.1) is 11.3 Å². The molecule has 7 nitrogen and oxygen atoms in total. The van der Waals surface area contributed by atoms with E-state index in [4.69, 9.17) is 9.47 Å². The number of benzene rings is 1. The Morgan fingerprint density at radius 1 is 1.07 bits per heavy atom. The van der Waals surface area contributed by atoms with Gasteiger partial charge in [0.2, 0.25) is 0 Å². The van der Waals surface area contributed by atoms with E-state index in [1.54, 1.807) is 34.6 Å². The summed E-state index contributed by atoms with van der Waals surface area (Å²) in [6.45, 7) is 9.23. The third-order valence-electron chi connectivity index (χ3n) is 3.98. The van der Waals surface area contributed by atoms with Gasteiger partial charge in [0.25, 0.3) is 0 Å². The van der Waals surface area contributed by atoms with Crippen LogP contribution in [0.2, 0.25) is 0 Å². The predicted octanol–water partition coefficient (Wildman–Crippen LogP) is 4.55. The lowest BCUT2D eigenvalue weighted by atomic mass is 10.1. The first kappa shape index (κ1) is 23.4. The van der Waals surface area contributed by atoms with E-state index in [0.29, 0.717) is 18.5 Å². The summed E-state index contributed by atoms with van der Waals surface area (Å²) in [5.74, 6) is -1.14. The summed E-state index contributed by atoms with van der Waals surface area (Å²) in [7, 11) is 0. The van der Waals surface area contributed by atoms with Crippen LogP contribution in [0.15, 0.2) is 30.3 Å². The SMILES string of the molecule is CCOC(=O)c1c(NC(=O)NCCc2ccccc2)sc(C(=O)OC(C)(C)C)c1C. The highest BCUT2D eigenvalue weighted by atomic mass is 32.1. The van der Waals surface area contributed by atoms with Gasteiger partial charge >= 0.3 is 18.0 Å². The molecule has 0 aliphatic rings. The summed E-state index contributed by atoms with van der Waals surface area (Å²) in [5, 5.41) is 5.69. The molecular formula is C22H28N2O5S. The molecule has 2 N–H and O–H groups in total. The fourth-order valence-corrected chi connectivity index (χ4v) is 3.75. The Morgan fingerprint density at radius 3 is 2.33 bits per heavy atom. The standard InChI is InChI=1S/C22H28N2O5S/c1-6-28-19(25)16-14(2)17(20(26)29-22(3,4)5)30-18(16)24-21(27)23-13-12-15-10-8-7-9-11-15/h7-11H,6,12-13H2,1-5H3,(H2,23,24,27). The zero-order valence-electron chi connectivity index (χ0n) is 18.0. The van der Waals surface area contributed by atoms with E-state index in [1.807, 2.05) is 30.3 Å². The van der Waals surface area contributed by atoms with Gasteiger partial charge in [-0.1, -0.05) is 30.3 Å². The lowest BCUT2D eigenvalue weighted by molar-refractivity contribution is 0.00744. The number of carbonyl (C=O) groups is 3. The second kappa shape index (κ2) is 10.2. The number of nitrogens with one attached hydrogen (secondary N) is 2. The minimum absolute atomic E-state index is 0.168. The van der Waals surface area contributed by atoms with Crippen LogP contribution in [0.3, 0.4) is 0 Å². The first-order chi connectivity index (χ1) is 14.1. The highest BCUT2D eigenvalue weighted by Crippen LogP contribution is 2.35. The molecule has 2 amide bonds. The van der Waals surface area contributed by atoms with E-state index >= 15 is 0 Å². The van der Waals surface area contributed by atoms with Crippen LogP contribution in [0.25, 0.3) is 0 Å². The molecule has 30 heavy (non-hydrogen) atoms. The molecular weight excluding hydrogens is 404 g/mol. The minimum Gasteiger partial charge on any atom is -0.462 e. The summed E-state index contributed by atoms with van der Waals surface area (Å²) < 4.78 is 10.5. The maximum atomic E-state index is 12.5. The molecule has 1 heterocycles. The van der Waals surface area contributed by atoms with Gasteiger partial charge in [0.1, 0.15) is 15.5 Å². The molecule has 2 rings (SSSR count). The Kier molecular flexibility index (Phi) is 8.00. The molecule has 1 aromatic carbocycles. The average molecular weight is 433 g/mol. The number of hydrogen-bond acceptors (Lipinski definition) is 6. The number of anilines is 1. The number of rotatable bonds is 7. The van der Waals surface area contributed by atoms with E-state index < -0.39 is 23.6 Å². The third-order valence-corrected chi connectivity index (χ3v) is 5.17. The molecule has 0 unspecified atom stereocenters. The second-order valence-corrected chi connectivity index (χ2v) is 8.62. The van der Waals surface area contributed by atoms with Crippen molar-refractivity contribution in [3.8, 4) is 0 Å². The monoisotopic (exact) mass is 432 g/mol. The Labute approximate surface area is 180 Å². The van der Waals surface area contributed by atoms with Crippen molar-refractivity contribution in [2.45, 2.75) is 46.6 Å². The Balaban J connectivity index is 2.15. The number of hydrogen-bond donors (Lipinski definition) is 2. The third kappa shape index (κ3) is 6.59. The van der Waals surface area contributed by atoms with Crippen LogP contribution < -0.4 is 10.6 Å². The predicted molar refractivity (Wildman–Crippen MR) is 117 cm³/mol. The maximum absolute atomic E-state index is 12.5. The molecule has 0 fully saturated rings. The largest absolute Gasteiger partial charge is 0.462 e. The maximum Gasteiger partial charge on any atom is 0.349 e. The molecule has 0 saturated carbocycles. The number of ether oxygens (including phenoxy) is 2. The number of amides is 2. The summed E-state index contributed by atoms with van der Waals surface area (Å²) >= 11 is 1.000. The summed E-state index contributed by atoms with van der Waals surface area (Å²) in [6.07, 6.45) is 0.672. The number of carbonyl (C=O) groups excluding carboxylic acids is 3. The van der Waals surface area contributed by atoms with E-state index in [0.717, 1.165) is 16.9 Å². The zero-order valence-corrected chi connectivity index (χ0v) is 18.8. The topological polar surface area (TPSA) is 93.7 Å². The van der Waals surface area contributed by atoms with E-state index in [-0.39, 0.29) is 22.0 Å². The lowest BCUT2D eigenvalue weighted by Gasteiger charge is -2.19. The van der Waals surface area contributed by atoms with Gasteiger partial charge < -0.3 is 14.8 Å². The average Bonchev–Trinajstić information content (AvgIpc) is 2.97. The van der Waals surface area contributed by atoms with Crippen molar-refractivity contribution in [2.24, 2.45) is 0 Å². The smallest absolute Gasteiger partial charge is 0.349 e. The number of thiophene rings is 1. The van der Waals surface area contributed by atoms with Gasteiger partial charge in [0.15, 0.2) is 0 Å². The van der Waals surface area contributed by atoms with Crippen molar-refractivity contribution in [2.75, 3.05) is 18.5 Å². The van der Waals surface area contributed by atoms with Crippen LogP contribution >= 0.6 is 11.3 Å². The van der Waals surface area contributed by atoms with E-state index in [9.17, 15) is 14.4 Å². The van der Waals surface area contributed by atoms with Crippen LogP contribution in [0.1, 0.15) is 58.9 Å². The fraction of sp³-hybridized carbons (Fsp3) is 0.409. The first-order valence-corrected chi connectivity index (χ1v) is 10.6. The van der Waals surface area contributed by atoms with Gasteiger partial charge in [0, 0.05) is 6.54 Å². The summed E-state index contributed by atoms with van der Waals surface area (Å²) in [6, 6.07) is 9.31. The Hall–Kier alpha value is -2.87. The van der Waals surface area contributed by atoms with Crippen molar-refractivity contribution >= 4 is 34.3 Å². The molecule has 0 aliphatic carbocycles. The Bertz CT molecular complexity index is 900. The van der Waals surface area contributed by atoms with Crippen LogP contribution in [0.4, 0.5) is 9.80 Å². The number of urea groups is 1.